The summed E-state index contributed by atoms with van der Waals surface area (Å²) in [5.74, 6) is -4.01. The van der Waals surface area contributed by atoms with Crippen LogP contribution in [0.25, 0.3) is 0 Å². The molecule has 2 N–H and O–H groups in total. The Morgan fingerprint density at radius 1 is 1.41 bits per heavy atom. The number of aromatic amines is 1. The lowest BCUT2D eigenvalue weighted by Gasteiger charge is -2.40. The first-order valence-corrected chi connectivity index (χ1v) is 8.87. The second-order valence-corrected chi connectivity index (χ2v) is 7.01. The molecule has 0 aliphatic carbocycles. The third-order valence-corrected chi connectivity index (χ3v) is 5.00. The zero-order valence-electron chi connectivity index (χ0n) is 14.6. The molecule has 2 aromatic heterocycles. The maximum Gasteiger partial charge on any atom is 0.257 e. The van der Waals surface area contributed by atoms with E-state index < -0.39 is 17.9 Å². The Morgan fingerprint density at radius 3 is 2.81 bits per heavy atom. The molecule has 2 atom stereocenters. The van der Waals surface area contributed by atoms with Crippen LogP contribution in [0.4, 0.5) is 14.6 Å². The molecule has 9 heteroatoms. The highest BCUT2D eigenvalue weighted by Crippen LogP contribution is 2.40. The van der Waals surface area contributed by atoms with Gasteiger partial charge < -0.3 is 10.3 Å². The fourth-order valence-corrected chi connectivity index (χ4v) is 3.22. The van der Waals surface area contributed by atoms with Crippen molar-refractivity contribution < 1.29 is 13.6 Å². The van der Waals surface area contributed by atoms with Crippen LogP contribution in [0, 0.1) is 0 Å². The zero-order valence-corrected chi connectivity index (χ0v) is 15.3. The average Bonchev–Trinajstić information content (AvgIpc) is 2.64. The lowest BCUT2D eigenvalue weighted by molar-refractivity contribution is -0.125. The van der Waals surface area contributed by atoms with Crippen LogP contribution in [0.3, 0.4) is 0 Å². The summed E-state index contributed by atoms with van der Waals surface area (Å²) in [5.41, 5.74) is -0.00535. The van der Waals surface area contributed by atoms with Crippen molar-refractivity contribution >= 4 is 23.3 Å². The summed E-state index contributed by atoms with van der Waals surface area (Å²) in [6.45, 7) is 1.76. The summed E-state index contributed by atoms with van der Waals surface area (Å²) < 4.78 is 28.9. The van der Waals surface area contributed by atoms with Gasteiger partial charge in [-0.2, -0.15) is 0 Å². The number of H-pyrrole nitrogens is 1. The number of halogens is 3. The zero-order chi connectivity index (χ0) is 19.6. The van der Waals surface area contributed by atoms with Crippen molar-refractivity contribution in [2.45, 2.75) is 31.2 Å². The van der Waals surface area contributed by atoms with Crippen molar-refractivity contribution in [2.24, 2.45) is 0 Å². The van der Waals surface area contributed by atoms with Gasteiger partial charge >= 0.3 is 0 Å². The Morgan fingerprint density at radius 2 is 2.19 bits per heavy atom. The molecule has 0 spiro atoms. The van der Waals surface area contributed by atoms with Crippen molar-refractivity contribution in [3.63, 3.8) is 0 Å². The number of carbonyl (C=O) groups is 1. The highest BCUT2D eigenvalue weighted by molar-refractivity contribution is 6.30. The first-order valence-electron chi connectivity index (χ1n) is 8.49. The molecule has 1 fully saturated rings. The molecule has 1 aliphatic rings. The molecule has 1 amide bonds. The fourth-order valence-electron chi connectivity index (χ4n) is 3.11. The quantitative estimate of drug-likeness (QED) is 0.833. The number of aromatic nitrogens is 2. The molecule has 1 saturated heterocycles. The van der Waals surface area contributed by atoms with Gasteiger partial charge in [-0.3, -0.25) is 14.5 Å². The lowest BCUT2D eigenvalue weighted by atomic mass is 9.87. The summed E-state index contributed by atoms with van der Waals surface area (Å²) >= 11 is 5.77. The Kier molecular flexibility index (Phi) is 5.57. The summed E-state index contributed by atoms with van der Waals surface area (Å²) in [7, 11) is 0. The smallest absolute Gasteiger partial charge is 0.257 e. The number of nitrogens with zero attached hydrogens (tertiary/aromatic N) is 2. The number of pyridine rings is 2. The Balaban J connectivity index is 1.72. The Labute approximate surface area is 159 Å². The van der Waals surface area contributed by atoms with Crippen molar-refractivity contribution in [1.29, 1.82) is 0 Å². The van der Waals surface area contributed by atoms with E-state index in [9.17, 15) is 18.4 Å². The van der Waals surface area contributed by atoms with Gasteiger partial charge in [-0.1, -0.05) is 17.7 Å². The van der Waals surface area contributed by atoms with E-state index >= 15 is 0 Å². The van der Waals surface area contributed by atoms with E-state index in [4.69, 9.17) is 11.6 Å². The van der Waals surface area contributed by atoms with E-state index in [1.165, 1.54) is 24.5 Å². The van der Waals surface area contributed by atoms with Gasteiger partial charge in [-0.05, 0) is 24.6 Å². The molecule has 6 nitrogen and oxygen atoms in total. The third kappa shape index (κ3) is 4.51. The minimum absolute atomic E-state index is 0.00166. The molecule has 0 saturated carbocycles. The first kappa shape index (κ1) is 19.4. The molecular weight excluding hydrogens is 378 g/mol. The van der Waals surface area contributed by atoms with E-state index in [0.29, 0.717) is 16.4 Å². The van der Waals surface area contributed by atoms with Crippen LogP contribution >= 0.6 is 11.6 Å². The highest BCUT2D eigenvalue weighted by atomic mass is 35.5. The van der Waals surface area contributed by atoms with Crippen molar-refractivity contribution in [3.8, 4) is 0 Å². The van der Waals surface area contributed by atoms with E-state index in [-0.39, 0.29) is 31.0 Å². The number of nitrogens with one attached hydrogen (secondary N) is 2. The Bertz CT molecular complexity index is 852. The molecule has 3 rings (SSSR count). The van der Waals surface area contributed by atoms with Gasteiger partial charge in [0.25, 0.3) is 5.92 Å². The van der Waals surface area contributed by atoms with Gasteiger partial charge in [0, 0.05) is 38.0 Å². The van der Waals surface area contributed by atoms with Crippen LogP contribution < -0.4 is 10.9 Å². The first-order chi connectivity index (χ1) is 12.8. The van der Waals surface area contributed by atoms with Crippen LogP contribution in [-0.2, 0) is 4.79 Å². The fraction of sp³-hybridized carbons (Fsp3) is 0.389. The molecule has 27 heavy (non-hydrogen) atoms. The van der Waals surface area contributed by atoms with Crippen LogP contribution in [0.15, 0.2) is 41.5 Å². The van der Waals surface area contributed by atoms with Crippen LogP contribution in [0.2, 0.25) is 5.02 Å². The van der Waals surface area contributed by atoms with Crippen LogP contribution in [0.5, 0.6) is 0 Å². The number of alkyl halides is 2. The average molecular weight is 397 g/mol. The SMILES string of the molecule is C[C@@H](C(=O)Nc1ccc(Cl)cn1)N1CCC(F)(F)[C@@H](c2ccc(=O)[nH]c2)C1. The van der Waals surface area contributed by atoms with E-state index in [2.05, 4.69) is 15.3 Å². The van der Waals surface area contributed by atoms with E-state index in [1.54, 1.807) is 24.0 Å². The second kappa shape index (κ2) is 7.74. The van der Waals surface area contributed by atoms with Gasteiger partial charge in [-0.15, -0.1) is 0 Å². The standard InChI is InChI=1S/C18H19ClF2N4O2/c1-11(17(27)24-15-4-3-13(19)9-22-15)25-7-6-18(20,21)14(10-25)12-2-5-16(26)23-8-12/h2-5,8-9,11,14H,6-7,10H2,1H3,(H,23,26)(H,22,24,27)/t11-,14+/m0/s1. The van der Waals surface area contributed by atoms with Crippen LogP contribution in [-0.4, -0.2) is 45.8 Å². The maximum absolute atomic E-state index is 14.4. The normalized spacial score (nSPS) is 20.8. The molecule has 0 unspecified atom stereocenters. The van der Waals surface area contributed by atoms with Gasteiger partial charge in [0.05, 0.1) is 17.0 Å². The number of piperidine rings is 1. The molecule has 2 aromatic rings. The van der Waals surface area contributed by atoms with Crippen molar-refractivity contribution in [1.82, 2.24) is 14.9 Å². The number of hydrogen-bond acceptors (Lipinski definition) is 4. The number of rotatable bonds is 4. The molecule has 0 bridgehead atoms. The largest absolute Gasteiger partial charge is 0.329 e. The summed E-state index contributed by atoms with van der Waals surface area (Å²) in [6, 6.07) is 5.18. The summed E-state index contributed by atoms with van der Waals surface area (Å²) in [6.07, 6.45) is 2.36. The summed E-state index contributed by atoms with van der Waals surface area (Å²) in [5, 5.41) is 3.11. The number of carbonyl (C=O) groups excluding carboxylic acids is 1. The number of anilines is 1. The summed E-state index contributed by atoms with van der Waals surface area (Å²) in [4.78, 5) is 31.8. The van der Waals surface area contributed by atoms with Gasteiger partial charge in [0.1, 0.15) is 5.82 Å². The molecular formula is C18H19ClF2N4O2. The minimum Gasteiger partial charge on any atom is -0.329 e. The minimum atomic E-state index is -2.91. The highest BCUT2D eigenvalue weighted by Gasteiger charge is 2.46. The predicted molar refractivity (Wildman–Crippen MR) is 98.3 cm³/mol. The lowest BCUT2D eigenvalue weighted by Crippen LogP contribution is -2.52. The van der Waals surface area contributed by atoms with E-state index in [1.807, 2.05) is 0 Å². The van der Waals surface area contributed by atoms with Gasteiger partial charge in [0.15, 0.2) is 0 Å². The second-order valence-electron chi connectivity index (χ2n) is 6.57. The number of hydrogen-bond donors (Lipinski definition) is 2. The Hall–Kier alpha value is -2.32. The van der Waals surface area contributed by atoms with Crippen LogP contribution in [0.1, 0.15) is 24.8 Å². The van der Waals surface area contributed by atoms with Gasteiger partial charge in [0.2, 0.25) is 11.5 Å². The third-order valence-electron chi connectivity index (χ3n) is 4.78. The number of likely N-dealkylation sites (tertiary alicyclic amines) is 1. The molecule has 0 radical (unpaired) electrons. The molecule has 3 heterocycles. The van der Waals surface area contributed by atoms with Gasteiger partial charge in [-0.25, -0.2) is 13.8 Å². The topological polar surface area (TPSA) is 78.1 Å². The predicted octanol–water partition coefficient (Wildman–Crippen LogP) is 2.88. The molecule has 144 valence electrons. The van der Waals surface area contributed by atoms with Crippen molar-refractivity contribution in [3.05, 3.63) is 57.6 Å². The maximum atomic E-state index is 14.4. The van der Waals surface area contributed by atoms with E-state index in [0.717, 1.165) is 0 Å². The molecule has 1 aliphatic heterocycles. The number of amides is 1. The molecule has 0 aromatic carbocycles. The monoisotopic (exact) mass is 396 g/mol. The van der Waals surface area contributed by atoms with Crippen molar-refractivity contribution in [2.75, 3.05) is 18.4 Å².